The molecule has 1 aromatic carbocycles. The lowest BCUT2D eigenvalue weighted by Gasteiger charge is -2.48. The van der Waals surface area contributed by atoms with E-state index in [1.807, 2.05) is 6.08 Å². The lowest BCUT2D eigenvalue weighted by Crippen LogP contribution is -2.49. The highest BCUT2D eigenvalue weighted by Crippen LogP contribution is 2.49. The van der Waals surface area contributed by atoms with Crippen molar-refractivity contribution in [2.75, 3.05) is 52.4 Å². The Morgan fingerprint density at radius 3 is 2.50 bits per heavy atom. The van der Waals surface area contributed by atoms with E-state index < -0.39 is 11.7 Å². The predicted octanol–water partition coefficient (Wildman–Crippen LogP) is 5.06. The maximum Gasteiger partial charge on any atom is 0.416 e. The third kappa shape index (κ3) is 5.85. The normalized spacial score (nSPS) is 28.5. The number of benzene rings is 1. The fourth-order valence-corrected chi connectivity index (χ4v) is 5.42. The molecule has 8 heteroatoms. The van der Waals surface area contributed by atoms with Gasteiger partial charge in [-0.3, -0.25) is 4.90 Å². The fraction of sp³-hybridized carbons (Fsp3) is 0.615. The van der Waals surface area contributed by atoms with Crippen LogP contribution >= 0.6 is 0 Å². The van der Waals surface area contributed by atoms with Crippen molar-refractivity contribution < 1.29 is 27.4 Å². The number of hydrogen-bond acceptors (Lipinski definition) is 5. The summed E-state index contributed by atoms with van der Waals surface area (Å²) in [5, 5.41) is 3.58. The zero-order valence-corrected chi connectivity index (χ0v) is 19.9. The molecule has 2 heterocycles. The van der Waals surface area contributed by atoms with Crippen molar-refractivity contribution in [2.45, 2.75) is 43.7 Å². The summed E-state index contributed by atoms with van der Waals surface area (Å²) < 4.78 is 57.7. The monoisotopic (exact) mass is 480 g/mol. The van der Waals surface area contributed by atoms with E-state index in [9.17, 15) is 13.2 Å². The molecule has 0 saturated carbocycles. The minimum atomic E-state index is -4.39. The molecule has 1 N–H and O–H groups in total. The number of halogens is 3. The molecule has 1 aromatic rings. The molecule has 2 aliphatic heterocycles. The number of ether oxygens (including phenoxy) is 3. The van der Waals surface area contributed by atoms with Crippen LogP contribution in [0.25, 0.3) is 0 Å². The third-order valence-electron chi connectivity index (χ3n) is 7.18. The average Bonchev–Trinajstić information content (AvgIpc) is 2.84. The van der Waals surface area contributed by atoms with Crippen LogP contribution in [0, 0.1) is 11.8 Å². The first kappa shape index (κ1) is 25.2. The Balaban J connectivity index is 1.58. The van der Waals surface area contributed by atoms with Gasteiger partial charge in [-0.15, -0.1) is 0 Å². The molecular formula is C26H35F3N2O3. The molecule has 0 radical (unpaired) electrons. The second-order valence-electron chi connectivity index (χ2n) is 9.39. The van der Waals surface area contributed by atoms with E-state index >= 15 is 0 Å². The Bertz CT molecular complexity index is 865. The van der Waals surface area contributed by atoms with Crippen molar-refractivity contribution >= 4 is 5.69 Å². The second kappa shape index (κ2) is 11.2. The van der Waals surface area contributed by atoms with Crippen molar-refractivity contribution in [1.29, 1.82) is 0 Å². The van der Waals surface area contributed by atoms with Crippen molar-refractivity contribution in [3.63, 3.8) is 0 Å². The molecule has 1 unspecified atom stereocenters. The summed E-state index contributed by atoms with van der Waals surface area (Å²) in [5.74, 6) is 0.396. The number of alkyl halides is 3. The molecule has 3 aliphatic rings. The fourth-order valence-electron chi connectivity index (χ4n) is 5.42. The Hall–Kier alpha value is -1.87. The van der Waals surface area contributed by atoms with E-state index in [1.165, 1.54) is 6.07 Å². The number of nitrogens with one attached hydrogen (secondary N) is 1. The maximum atomic E-state index is 13.5. The number of allylic oxidation sites excluding steroid dienone is 3. The van der Waals surface area contributed by atoms with Gasteiger partial charge >= 0.3 is 6.18 Å². The van der Waals surface area contributed by atoms with E-state index in [-0.39, 0.29) is 30.1 Å². The zero-order valence-electron chi connectivity index (χ0n) is 19.9. The summed E-state index contributed by atoms with van der Waals surface area (Å²) in [7, 11) is 3.35. The smallest absolute Gasteiger partial charge is 0.383 e. The SMILES string of the molecule is COCCN(CCOC)C[C@H]1CC[C@@H]2[C@H](O1)c1cc(C(F)(F)F)ccc1N[C@H]2C1C=CC=CC1. The lowest BCUT2D eigenvalue weighted by molar-refractivity contribution is -0.138. The highest BCUT2D eigenvalue weighted by atomic mass is 19.4. The number of fused-ring (bicyclic) bond motifs is 3. The first-order chi connectivity index (χ1) is 16.4. The molecule has 188 valence electrons. The van der Waals surface area contributed by atoms with E-state index in [2.05, 4.69) is 28.4 Å². The number of anilines is 1. The van der Waals surface area contributed by atoms with Crippen LogP contribution in [0.1, 0.15) is 36.5 Å². The largest absolute Gasteiger partial charge is 0.416 e. The van der Waals surface area contributed by atoms with Gasteiger partial charge in [-0.25, -0.2) is 0 Å². The van der Waals surface area contributed by atoms with Gasteiger partial charge in [0, 0.05) is 63.0 Å². The Kier molecular flexibility index (Phi) is 8.34. The van der Waals surface area contributed by atoms with Crippen molar-refractivity contribution in [1.82, 2.24) is 4.90 Å². The van der Waals surface area contributed by atoms with Gasteiger partial charge in [-0.1, -0.05) is 24.3 Å². The summed E-state index contributed by atoms with van der Waals surface area (Å²) in [5.41, 5.74) is 0.744. The number of rotatable bonds is 9. The van der Waals surface area contributed by atoms with Gasteiger partial charge in [-0.05, 0) is 37.5 Å². The minimum absolute atomic E-state index is 0.0575. The Labute approximate surface area is 199 Å². The molecule has 5 nitrogen and oxygen atoms in total. The van der Waals surface area contributed by atoms with E-state index in [4.69, 9.17) is 14.2 Å². The molecule has 1 fully saturated rings. The molecular weight excluding hydrogens is 445 g/mol. The van der Waals surface area contributed by atoms with Crippen LogP contribution in [-0.4, -0.2) is 64.1 Å². The summed E-state index contributed by atoms with van der Waals surface area (Å²) in [6.07, 6.45) is 6.33. The van der Waals surface area contributed by atoms with Gasteiger partial charge in [-0.2, -0.15) is 13.2 Å². The minimum Gasteiger partial charge on any atom is -0.383 e. The Morgan fingerprint density at radius 1 is 1.09 bits per heavy atom. The van der Waals surface area contributed by atoms with Gasteiger partial charge in [0.2, 0.25) is 0 Å². The lowest BCUT2D eigenvalue weighted by atomic mass is 9.73. The van der Waals surface area contributed by atoms with E-state index in [0.717, 1.165) is 44.1 Å². The molecule has 1 saturated heterocycles. The molecule has 0 amide bonds. The van der Waals surface area contributed by atoms with Crippen LogP contribution in [0.15, 0.2) is 42.5 Å². The van der Waals surface area contributed by atoms with E-state index in [0.29, 0.717) is 25.3 Å². The van der Waals surface area contributed by atoms with Crippen LogP contribution in [0.3, 0.4) is 0 Å². The van der Waals surface area contributed by atoms with Crippen LogP contribution in [0.2, 0.25) is 0 Å². The average molecular weight is 481 g/mol. The van der Waals surface area contributed by atoms with Crippen molar-refractivity contribution in [2.24, 2.45) is 11.8 Å². The number of methoxy groups -OCH3 is 2. The summed E-state index contributed by atoms with van der Waals surface area (Å²) in [6.45, 7) is 3.42. The molecule has 0 aromatic heterocycles. The zero-order chi connectivity index (χ0) is 24.1. The maximum absolute atomic E-state index is 13.5. The van der Waals surface area contributed by atoms with Crippen molar-refractivity contribution in [3.05, 3.63) is 53.6 Å². The highest BCUT2D eigenvalue weighted by molar-refractivity contribution is 5.58. The summed E-state index contributed by atoms with van der Waals surface area (Å²) in [4.78, 5) is 2.25. The van der Waals surface area contributed by atoms with Crippen molar-refractivity contribution in [3.8, 4) is 0 Å². The van der Waals surface area contributed by atoms with Gasteiger partial charge in [0.15, 0.2) is 0 Å². The summed E-state index contributed by atoms with van der Waals surface area (Å²) in [6, 6.07) is 4.13. The molecule has 5 atom stereocenters. The highest BCUT2D eigenvalue weighted by Gasteiger charge is 2.45. The number of nitrogens with zero attached hydrogens (tertiary/aromatic N) is 1. The topological polar surface area (TPSA) is 43.0 Å². The molecule has 34 heavy (non-hydrogen) atoms. The number of hydrogen-bond donors (Lipinski definition) is 1. The Morgan fingerprint density at radius 2 is 1.85 bits per heavy atom. The second-order valence-corrected chi connectivity index (χ2v) is 9.39. The van der Waals surface area contributed by atoms with Crippen LogP contribution < -0.4 is 5.32 Å². The predicted molar refractivity (Wildman–Crippen MR) is 126 cm³/mol. The van der Waals surface area contributed by atoms with Gasteiger partial charge in [0.05, 0.1) is 31.0 Å². The molecule has 1 aliphatic carbocycles. The first-order valence-corrected chi connectivity index (χ1v) is 12.1. The summed E-state index contributed by atoms with van der Waals surface area (Å²) >= 11 is 0. The van der Waals surface area contributed by atoms with Crippen LogP contribution in [0.4, 0.5) is 18.9 Å². The van der Waals surface area contributed by atoms with Gasteiger partial charge in [0.25, 0.3) is 0 Å². The standard InChI is InChI=1S/C26H35F3N2O3/c1-32-14-12-31(13-15-33-2)17-20-9-10-21-24(18-6-4-3-5-7-18)30-23-11-8-19(26(27,28)29)16-22(23)25(21)34-20/h3-6,8,11,16,18,20-21,24-25,30H,7,9-10,12-15,17H2,1-2H3/t18?,20-,21+,24+,25+/m1/s1. The third-order valence-corrected chi connectivity index (χ3v) is 7.18. The first-order valence-electron chi connectivity index (χ1n) is 12.1. The van der Waals surface area contributed by atoms with Crippen LogP contribution in [0.5, 0.6) is 0 Å². The molecule has 0 spiro atoms. The molecule has 4 rings (SSSR count). The molecule has 0 bridgehead atoms. The van der Waals surface area contributed by atoms with Gasteiger partial charge < -0.3 is 19.5 Å². The van der Waals surface area contributed by atoms with Gasteiger partial charge in [0.1, 0.15) is 0 Å². The van der Waals surface area contributed by atoms with E-state index in [1.54, 1.807) is 20.3 Å². The van der Waals surface area contributed by atoms with Crippen LogP contribution in [-0.2, 0) is 20.4 Å². The quantitative estimate of drug-likeness (QED) is 0.535.